The van der Waals surface area contributed by atoms with Crippen LogP contribution < -0.4 is 5.32 Å². The number of carbonyl (C=O) groups is 1. The van der Waals surface area contributed by atoms with E-state index in [9.17, 15) is 14.9 Å². The van der Waals surface area contributed by atoms with Crippen LogP contribution in [-0.2, 0) is 0 Å². The standard InChI is InChI=1S/C13H17ClN2O3/c1-8-5-4-6-11(12(8)16(18)19)13(17)15-10(3)7-9(2)14/h4-6,9-10H,7H2,1-3H3,(H,15,17). The average molecular weight is 285 g/mol. The summed E-state index contributed by atoms with van der Waals surface area (Å²) in [5.74, 6) is -0.444. The van der Waals surface area contributed by atoms with E-state index in [2.05, 4.69) is 5.32 Å². The maximum atomic E-state index is 12.1. The highest BCUT2D eigenvalue weighted by atomic mass is 35.5. The van der Waals surface area contributed by atoms with Crippen molar-refractivity contribution in [1.29, 1.82) is 0 Å². The van der Waals surface area contributed by atoms with Crippen molar-refractivity contribution in [2.75, 3.05) is 0 Å². The monoisotopic (exact) mass is 284 g/mol. The number of halogens is 1. The van der Waals surface area contributed by atoms with Gasteiger partial charge >= 0.3 is 0 Å². The first-order chi connectivity index (χ1) is 8.82. The number of hydrogen-bond donors (Lipinski definition) is 1. The van der Waals surface area contributed by atoms with E-state index in [0.717, 1.165) is 0 Å². The second-order valence-electron chi connectivity index (χ2n) is 4.62. The SMILES string of the molecule is Cc1cccc(C(=O)NC(C)CC(C)Cl)c1[N+](=O)[O-]. The van der Waals surface area contributed by atoms with Crippen LogP contribution in [0.3, 0.4) is 0 Å². The molecule has 2 atom stereocenters. The first kappa shape index (κ1) is 15.4. The van der Waals surface area contributed by atoms with E-state index in [1.54, 1.807) is 19.1 Å². The van der Waals surface area contributed by atoms with Crippen molar-refractivity contribution in [2.45, 2.75) is 38.6 Å². The van der Waals surface area contributed by atoms with Crippen molar-refractivity contribution in [3.05, 3.63) is 39.4 Å². The lowest BCUT2D eigenvalue weighted by Gasteiger charge is -2.15. The number of amides is 1. The molecule has 0 spiro atoms. The summed E-state index contributed by atoms with van der Waals surface area (Å²) >= 11 is 5.85. The van der Waals surface area contributed by atoms with Crippen molar-refractivity contribution in [2.24, 2.45) is 0 Å². The van der Waals surface area contributed by atoms with E-state index in [0.29, 0.717) is 12.0 Å². The molecule has 0 aromatic heterocycles. The summed E-state index contributed by atoms with van der Waals surface area (Å²) in [7, 11) is 0. The van der Waals surface area contributed by atoms with Crippen LogP contribution in [0.5, 0.6) is 0 Å². The van der Waals surface area contributed by atoms with Crippen LogP contribution in [0, 0.1) is 17.0 Å². The first-order valence-corrected chi connectivity index (χ1v) is 6.45. The van der Waals surface area contributed by atoms with Gasteiger partial charge in [-0.25, -0.2) is 0 Å². The molecule has 104 valence electrons. The number of nitro benzene ring substituents is 1. The highest BCUT2D eigenvalue weighted by Crippen LogP contribution is 2.23. The van der Waals surface area contributed by atoms with Crippen LogP contribution in [0.15, 0.2) is 18.2 Å². The predicted molar refractivity (Wildman–Crippen MR) is 74.7 cm³/mol. The molecule has 1 aromatic carbocycles. The van der Waals surface area contributed by atoms with E-state index in [1.807, 2.05) is 13.8 Å². The summed E-state index contributed by atoms with van der Waals surface area (Å²) in [6, 6.07) is 4.56. The normalized spacial score (nSPS) is 13.7. The Kier molecular flexibility index (Phi) is 5.30. The summed E-state index contributed by atoms with van der Waals surface area (Å²) in [6.45, 7) is 5.26. The molecule has 1 amide bonds. The lowest BCUT2D eigenvalue weighted by Crippen LogP contribution is -2.34. The quantitative estimate of drug-likeness (QED) is 0.513. The Labute approximate surface area is 117 Å². The van der Waals surface area contributed by atoms with Gasteiger partial charge in [0, 0.05) is 17.0 Å². The number of carbonyl (C=O) groups excluding carboxylic acids is 1. The van der Waals surface area contributed by atoms with Crippen LogP contribution in [0.1, 0.15) is 36.2 Å². The molecule has 6 heteroatoms. The van der Waals surface area contributed by atoms with Crippen LogP contribution in [-0.4, -0.2) is 22.2 Å². The van der Waals surface area contributed by atoms with Crippen molar-refractivity contribution >= 4 is 23.2 Å². The maximum absolute atomic E-state index is 12.1. The van der Waals surface area contributed by atoms with Gasteiger partial charge in [0.05, 0.1) is 4.92 Å². The second-order valence-corrected chi connectivity index (χ2v) is 5.36. The zero-order chi connectivity index (χ0) is 14.6. The van der Waals surface area contributed by atoms with Gasteiger partial charge in [0.25, 0.3) is 11.6 Å². The highest BCUT2D eigenvalue weighted by Gasteiger charge is 2.23. The molecule has 0 heterocycles. The van der Waals surface area contributed by atoms with Crippen LogP contribution >= 0.6 is 11.6 Å². The van der Waals surface area contributed by atoms with E-state index >= 15 is 0 Å². The molecule has 0 saturated carbocycles. The molecule has 0 aliphatic rings. The van der Waals surface area contributed by atoms with E-state index in [1.165, 1.54) is 6.07 Å². The van der Waals surface area contributed by atoms with Crippen LogP contribution in [0.4, 0.5) is 5.69 Å². The average Bonchev–Trinajstić information content (AvgIpc) is 2.26. The third-order valence-electron chi connectivity index (χ3n) is 2.72. The van der Waals surface area contributed by atoms with Gasteiger partial charge in [-0.05, 0) is 33.3 Å². The Hall–Kier alpha value is -1.62. The Bertz CT molecular complexity index is 489. The number of alkyl halides is 1. The third kappa shape index (κ3) is 4.21. The van der Waals surface area contributed by atoms with Gasteiger partial charge in [-0.1, -0.05) is 12.1 Å². The molecule has 1 N–H and O–H groups in total. The molecule has 0 radical (unpaired) electrons. The minimum atomic E-state index is -0.529. The van der Waals surface area contributed by atoms with Crippen molar-refractivity contribution in [1.82, 2.24) is 5.32 Å². The van der Waals surface area contributed by atoms with E-state index in [4.69, 9.17) is 11.6 Å². The molecule has 1 rings (SSSR count). The van der Waals surface area contributed by atoms with Gasteiger partial charge in [0.1, 0.15) is 5.56 Å². The summed E-state index contributed by atoms with van der Waals surface area (Å²) in [4.78, 5) is 22.5. The minimum absolute atomic E-state index is 0.0669. The Morgan fingerprint density at radius 1 is 1.47 bits per heavy atom. The van der Waals surface area contributed by atoms with Crippen LogP contribution in [0.2, 0.25) is 0 Å². The number of para-hydroxylation sites is 1. The number of rotatable bonds is 5. The summed E-state index contributed by atoms with van der Waals surface area (Å²) in [5, 5.41) is 13.7. The molecule has 5 nitrogen and oxygen atoms in total. The molecule has 0 fully saturated rings. The van der Waals surface area contributed by atoms with Gasteiger partial charge in [-0.2, -0.15) is 0 Å². The largest absolute Gasteiger partial charge is 0.349 e. The Balaban J connectivity index is 2.94. The van der Waals surface area contributed by atoms with Gasteiger partial charge in [0.2, 0.25) is 0 Å². The summed E-state index contributed by atoms with van der Waals surface area (Å²) in [5.41, 5.74) is 0.404. The van der Waals surface area contributed by atoms with Gasteiger partial charge in [0.15, 0.2) is 0 Å². The predicted octanol–water partition coefficient (Wildman–Crippen LogP) is 3.04. The number of hydrogen-bond acceptors (Lipinski definition) is 3. The van der Waals surface area contributed by atoms with Crippen LogP contribution in [0.25, 0.3) is 0 Å². The topological polar surface area (TPSA) is 72.2 Å². The fraction of sp³-hybridized carbons (Fsp3) is 0.462. The molecular formula is C13H17ClN2O3. The zero-order valence-corrected chi connectivity index (χ0v) is 11.9. The number of nitro groups is 1. The second kappa shape index (κ2) is 6.52. The molecule has 1 aromatic rings. The number of nitrogens with one attached hydrogen (secondary N) is 1. The first-order valence-electron chi connectivity index (χ1n) is 6.01. The lowest BCUT2D eigenvalue weighted by molar-refractivity contribution is -0.385. The molecule has 0 aliphatic heterocycles. The molecule has 0 bridgehead atoms. The van der Waals surface area contributed by atoms with E-state index < -0.39 is 10.8 Å². The molecule has 19 heavy (non-hydrogen) atoms. The number of aryl methyl sites for hydroxylation is 1. The van der Waals surface area contributed by atoms with Gasteiger partial charge in [-0.3, -0.25) is 14.9 Å². The van der Waals surface area contributed by atoms with Gasteiger partial charge < -0.3 is 5.32 Å². The smallest absolute Gasteiger partial charge is 0.285 e. The fourth-order valence-electron chi connectivity index (χ4n) is 1.93. The number of benzene rings is 1. The molecule has 2 unspecified atom stereocenters. The summed E-state index contributed by atoms with van der Waals surface area (Å²) in [6.07, 6.45) is 0.604. The summed E-state index contributed by atoms with van der Waals surface area (Å²) < 4.78 is 0. The maximum Gasteiger partial charge on any atom is 0.285 e. The molecule has 0 saturated heterocycles. The minimum Gasteiger partial charge on any atom is -0.349 e. The van der Waals surface area contributed by atoms with Crippen molar-refractivity contribution in [3.8, 4) is 0 Å². The highest BCUT2D eigenvalue weighted by molar-refractivity contribution is 6.20. The van der Waals surface area contributed by atoms with Crippen molar-refractivity contribution < 1.29 is 9.72 Å². The Morgan fingerprint density at radius 2 is 2.11 bits per heavy atom. The van der Waals surface area contributed by atoms with Crippen molar-refractivity contribution in [3.63, 3.8) is 0 Å². The number of nitrogens with zero attached hydrogens (tertiary/aromatic N) is 1. The lowest BCUT2D eigenvalue weighted by atomic mass is 10.1. The zero-order valence-electron chi connectivity index (χ0n) is 11.1. The molecular weight excluding hydrogens is 268 g/mol. The van der Waals surface area contributed by atoms with Gasteiger partial charge in [-0.15, -0.1) is 11.6 Å². The Morgan fingerprint density at radius 3 is 2.63 bits per heavy atom. The van der Waals surface area contributed by atoms with E-state index in [-0.39, 0.29) is 22.7 Å². The molecule has 0 aliphatic carbocycles. The fourth-order valence-corrected chi connectivity index (χ4v) is 2.20. The third-order valence-corrected chi connectivity index (χ3v) is 2.90.